The average molecular weight is 343 g/mol. The Balaban J connectivity index is 2.72. The molecule has 0 aliphatic carbocycles. The topological polar surface area (TPSA) is 54.4 Å². The summed E-state index contributed by atoms with van der Waals surface area (Å²) in [5.74, 6) is 0. The predicted molar refractivity (Wildman–Crippen MR) is 96.8 cm³/mol. The lowest BCUT2D eigenvalue weighted by atomic mass is 10.1. The summed E-state index contributed by atoms with van der Waals surface area (Å²) in [6.45, 7) is 7.87. The molecule has 0 unspecified atom stereocenters. The third-order valence-corrected chi connectivity index (χ3v) is 7.93. The number of benzene rings is 1. The normalized spacial score (nSPS) is 12.4. The van der Waals surface area contributed by atoms with Crippen molar-refractivity contribution >= 4 is 24.8 Å². The first kappa shape index (κ1) is 19.4. The van der Waals surface area contributed by atoms with E-state index in [-0.39, 0.29) is 4.90 Å². The highest BCUT2D eigenvalue weighted by Gasteiger charge is 2.20. The number of rotatable bonds is 9. The van der Waals surface area contributed by atoms with Crippen molar-refractivity contribution in [2.24, 2.45) is 0 Å². The zero-order chi connectivity index (χ0) is 16.8. The van der Waals surface area contributed by atoms with Crippen molar-refractivity contribution in [3.05, 3.63) is 22.8 Å². The minimum absolute atomic E-state index is 0.128. The Morgan fingerprint density at radius 2 is 1.59 bits per heavy atom. The van der Waals surface area contributed by atoms with Gasteiger partial charge in [-0.05, 0) is 31.9 Å². The summed E-state index contributed by atoms with van der Waals surface area (Å²) in [6.07, 6.45) is 7.75. The monoisotopic (exact) mass is 342 g/mol. The lowest BCUT2D eigenvalue weighted by Gasteiger charge is -2.15. The van der Waals surface area contributed by atoms with Gasteiger partial charge in [-0.25, -0.2) is 0 Å². The molecular formula is C17H30O3SSi. The highest BCUT2D eigenvalue weighted by molar-refractivity contribution is 7.86. The molecule has 0 amide bonds. The fourth-order valence-corrected chi connectivity index (χ4v) is 6.36. The van der Waals surface area contributed by atoms with Crippen LogP contribution in [0.15, 0.2) is 11.0 Å². The molecule has 0 saturated carbocycles. The van der Waals surface area contributed by atoms with E-state index in [9.17, 15) is 13.0 Å². The SMILES string of the molecule is CCCCCCCC[SiH2]c1c(C)cc(C)c(S(=O)(=O)O)c1C. The first-order valence-electron chi connectivity index (χ1n) is 8.36. The molecule has 1 aromatic carbocycles. The van der Waals surface area contributed by atoms with Crippen LogP contribution in [-0.2, 0) is 10.1 Å². The Labute approximate surface area is 138 Å². The van der Waals surface area contributed by atoms with Gasteiger partial charge >= 0.3 is 0 Å². The summed E-state index contributed by atoms with van der Waals surface area (Å²) >= 11 is 0. The molecule has 0 aromatic heterocycles. The molecule has 0 aliphatic rings. The Kier molecular flexibility index (Phi) is 7.80. The van der Waals surface area contributed by atoms with Gasteiger partial charge in [0.15, 0.2) is 0 Å². The maximum absolute atomic E-state index is 11.6. The van der Waals surface area contributed by atoms with Gasteiger partial charge in [-0.3, -0.25) is 4.55 Å². The van der Waals surface area contributed by atoms with Crippen molar-refractivity contribution in [2.75, 3.05) is 0 Å². The third kappa shape index (κ3) is 5.52. The van der Waals surface area contributed by atoms with Crippen LogP contribution in [0.5, 0.6) is 0 Å². The van der Waals surface area contributed by atoms with Crippen molar-refractivity contribution in [1.82, 2.24) is 0 Å². The molecule has 0 spiro atoms. The van der Waals surface area contributed by atoms with Gasteiger partial charge in [0.25, 0.3) is 10.1 Å². The van der Waals surface area contributed by atoms with Gasteiger partial charge in [-0.2, -0.15) is 8.42 Å². The van der Waals surface area contributed by atoms with Crippen molar-refractivity contribution in [3.8, 4) is 0 Å². The van der Waals surface area contributed by atoms with E-state index in [0.29, 0.717) is 5.56 Å². The lowest BCUT2D eigenvalue weighted by Crippen LogP contribution is -2.24. The molecule has 1 aromatic rings. The van der Waals surface area contributed by atoms with Gasteiger partial charge in [-0.15, -0.1) is 0 Å². The summed E-state index contributed by atoms with van der Waals surface area (Å²) in [5.41, 5.74) is 2.60. The molecular weight excluding hydrogens is 312 g/mol. The number of hydrogen-bond donors (Lipinski definition) is 1. The molecule has 1 rings (SSSR count). The molecule has 0 aliphatic heterocycles. The maximum atomic E-state index is 11.6. The van der Waals surface area contributed by atoms with Crippen LogP contribution in [0.4, 0.5) is 0 Å². The minimum Gasteiger partial charge on any atom is -0.282 e. The van der Waals surface area contributed by atoms with Gasteiger partial charge in [0.05, 0.1) is 14.4 Å². The minimum atomic E-state index is -4.13. The summed E-state index contributed by atoms with van der Waals surface area (Å²) in [5, 5.41) is 1.21. The molecule has 22 heavy (non-hydrogen) atoms. The van der Waals surface area contributed by atoms with E-state index >= 15 is 0 Å². The van der Waals surface area contributed by atoms with E-state index in [2.05, 4.69) is 13.8 Å². The second-order valence-corrected chi connectivity index (χ2v) is 9.56. The Hall–Kier alpha value is -0.653. The number of unbranched alkanes of at least 4 members (excludes halogenated alkanes) is 5. The van der Waals surface area contributed by atoms with E-state index < -0.39 is 19.6 Å². The zero-order valence-electron chi connectivity index (χ0n) is 14.4. The largest absolute Gasteiger partial charge is 0.295 e. The van der Waals surface area contributed by atoms with Gasteiger partial charge in [0, 0.05) is 0 Å². The molecule has 0 radical (unpaired) electrons. The fourth-order valence-electron chi connectivity index (χ4n) is 3.25. The molecule has 5 heteroatoms. The van der Waals surface area contributed by atoms with Crippen LogP contribution in [0.1, 0.15) is 62.1 Å². The summed E-state index contributed by atoms with van der Waals surface area (Å²) in [4.78, 5) is 0.128. The Morgan fingerprint density at radius 1 is 1.00 bits per heavy atom. The van der Waals surface area contributed by atoms with Gasteiger partial charge in [-0.1, -0.05) is 68.3 Å². The van der Waals surface area contributed by atoms with Gasteiger partial charge < -0.3 is 0 Å². The first-order chi connectivity index (χ1) is 10.3. The molecule has 3 nitrogen and oxygen atoms in total. The summed E-state index contributed by atoms with van der Waals surface area (Å²) < 4.78 is 32.6. The molecule has 0 bridgehead atoms. The molecule has 0 fully saturated rings. The van der Waals surface area contributed by atoms with E-state index in [1.807, 2.05) is 13.0 Å². The van der Waals surface area contributed by atoms with E-state index in [0.717, 1.165) is 5.56 Å². The van der Waals surface area contributed by atoms with Crippen LogP contribution in [0.3, 0.4) is 0 Å². The highest BCUT2D eigenvalue weighted by Crippen LogP contribution is 2.20. The number of hydrogen-bond acceptors (Lipinski definition) is 2. The van der Waals surface area contributed by atoms with Gasteiger partial charge in [0.2, 0.25) is 0 Å². The van der Waals surface area contributed by atoms with Crippen LogP contribution in [0.2, 0.25) is 6.04 Å². The van der Waals surface area contributed by atoms with E-state index in [1.165, 1.54) is 55.3 Å². The zero-order valence-corrected chi connectivity index (χ0v) is 16.6. The quantitative estimate of drug-likeness (QED) is 0.425. The first-order valence-corrected chi connectivity index (χ1v) is 11.5. The lowest BCUT2D eigenvalue weighted by molar-refractivity contribution is 0.482. The van der Waals surface area contributed by atoms with Crippen molar-refractivity contribution in [2.45, 2.75) is 77.2 Å². The average Bonchev–Trinajstić information content (AvgIpc) is 2.38. The second kappa shape index (κ2) is 8.84. The third-order valence-electron chi connectivity index (χ3n) is 4.35. The Morgan fingerprint density at radius 3 is 2.18 bits per heavy atom. The molecule has 0 saturated heterocycles. The fraction of sp³-hybridized carbons (Fsp3) is 0.647. The standard InChI is InChI=1S/C17H30O3SSi/c1-5-6-7-8-9-10-11-22-17-14(3)12-13(2)16(15(17)4)21(18,19)20/h12H,5-11,22H2,1-4H3,(H,18,19,20). The summed E-state index contributed by atoms with van der Waals surface area (Å²) in [7, 11) is -4.61. The maximum Gasteiger partial charge on any atom is 0.295 e. The van der Waals surface area contributed by atoms with E-state index in [4.69, 9.17) is 0 Å². The van der Waals surface area contributed by atoms with Crippen LogP contribution >= 0.6 is 0 Å². The van der Waals surface area contributed by atoms with Crippen LogP contribution in [0.25, 0.3) is 0 Å². The van der Waals surface area contributed by atoms with Crippen LogP contribution in [-0.4, -0.2) is 22.5 Å². The molecule has 0 atom stereocenters. The van der Waals surface area contributed by atoms with Crippen molar-refractivity contribution in [1.29, 1.82) is 0 Å². The molecule has 126 valence electrons. The highest BCUT2D eigenvalue weighted by atomic mass is 32.2. The van der Waals surface area contributed by atoms with E-state index in [1.54, 1.807) is 6.92 Å². The molecule has 1 N–H and O–H groups in total. The number of aryl methyl sites for hydroxylation is 2. The predicted octanol–water partition coefficient (Wildman–Crippen LogP) is 3.43. The van der Waals surface area contributed by atoms with Crippen LogP contribution in [0, 0.1) is 20.8 Å². The van der Waals surface area contributed by atoms with Crippen molar-refractivity contribution < 1.29 is 13.0 Å². The van der Waals surface area contributed by atoms with Crippen LogP contribution < -0.4 is 5.19 Å². The summed E-state index contributed by atoms with van der Waals surface area (Å²) in [6, 6.07) is 3.11. The van der Waals surface area contributed by atoms with Crippen molar-refractivity contribution in [3.63, 3.8) is 0 Å². The Bertz CT molecular complexity index is 594. The van der Waals surface area contributed by atoms with Gasteiger partial charge in [0.1, 0.15) is 0 Å². The smallest absolute Gasteiger partial charge is 0.282 e. The molecule has 0 heterocycles. The second-order valence-electron chi connectivity index (χ2n) is 6.29.